The summed E-state index contributed by atoms with van der Waals surface area (Å²) in [5, 5.41) is 7.72. The lowest BCUT2D eigenvalue weighted by Gasteiger charge is -2.29. The number of hydrogen-bond acceptors (Lipinski definition) is 1. The van der Waals surface area contributed by atoms with Gasteiger partial charge < -0.3 is 9.47 Å². The minimum absolute atomic E-state index is 0.598. The Hall–Kier alpha value is -6.90. The van der Waals surface area contributed by atoms with Crippen molar-refractivity contribution in [1.82, 2.24) is 4.57 Å². The Morgan fingerprint density at radius 2 is 1.05 bits per heavy atom. The molecule has 11 rings (SSSR count). The molecule has 1 aromatic heterocycles. The molecule has 0 unspecified atom stereocenters. The van der Waals surface area contributed by atoms with Gasteiger partial charge in [0.2, 0.25) is 0 Å². The summed E-state index contributed by atoms with van der Waals surface area (Å²) in [6.45, 7) is 0. The van der Waals surface area contributed by atoms with Gasteiger partial charge in [0, 0.05) is 33.4 Å². The van der Waals surface area contributed by atoms with Crippen LogP contribution in [0, 0.1) is 0 Å². The number of fused-ring (bicyclic) bond motifs is 5. The first-order valence-electron chi connectivity index (χ1n) is 20.9. The van der Waals surface area contributed by atoms with Crippen LogP contribution in [0.4, 0.5) is 17.1 Å². The Balaban J connectivity index is 1.09. The van der Waals surface area contributed by atoms with E-state index < -0.39 is 0 Å². The topological polar surface area (TPSA) is 8.17 Å². The van der Waals surface area contributed by atoms with Gasteiger partial charge in [0.25, 0.3) is 0 Å². The van der Waals surface area contributed by atoms with Gasteiger partial charge in [-0.1, -0.05) is 165 Å². The monoisotopic (exact) mass is 744 g/mol. The predicted octanol–water partition coefficient (Wildman–Crippen LogP) is 15.9. The van der Waals surface area contributed by atoms with Crippen molar-refractivity contribution in [3.63, 3.8) is 0 Å². The van der Waals surface area contributed by atoms with Crippen LogP contribution in [0.3, 0.4) is 0 Å². The molecule has 9 aromatic carbocycles. The summed E-state index contributed by atoms with van der Waals surface area (Å²) in [6, 6.07) is 73.9. The van der Waals surface area contributed by atoms with Crippen molar-refractivity contribution < 1.29 is 0 Å². The van der Waals surface area contributed by atoms with Gasteiger partial charge in [-0.05, 0) is 117 Å². The number of para-hydroxylation sites is 3. The van der Waals surface area contributed by atoms with Gasteiger partial charge in [0.15, 0.2) is 0 Å². The summed E-state index contributed by atoms with van der Waals surface area (Å²) >= 11 is 0. The Kier molecular flexibility index (Phi) is 8.62. The highest BCUT2D eigenvalue weighted by atomic mass is 15.1. The van der Waals surface area contributed by atoms with Gasteiger partial charge >= 0.3 is 0 Å². The third kappa shape index (κ3) is 5.87. The van der Waals surface area contributed by atoms with Gasteiger partial charge in [-0.15, -0.1) is 0 Å². The van der Waals surface area contributed by atoms with E-state index in [1.807, 2.05) is 0 Å². The van der Waals surface area contributed by atoms with Crippen LogP contribution in [0.15, 0.2) is 200 Å². The lowest BCUT2D eigenvalue weighted by Crippen LogP contribution is -2.11. The normalized spacial score (nSPS) is 13.4. The van der Waals surface area contributed by atoms with Crippen molar-refractivity contribution in [2.75, 3.05) is 4.90 Å². The largest absolute Gasteiger partial charge is 0.310 e. The van der Waals surface area contributed by atoms with Crippen molar-refractivity contribution in [1.29, 1.82) is 0 Å². The lowest BCUT2D eigenvalue weighted by atomic mass is 9.80. The molecule has 1 saturated carbocycles. The zero-order valence-electron chi connectivity index (χ0n) is 32.6. The Morgan fingerprint density at radius 3 is 1.91 bits per heavy atom. The van der Waals surface area contributed by atoms with Crippen molar-refractivity contribution in [3.05, 3.63) is 206 Å². The zero-order chi connectivity index (χ0) is 38.4. The first kappa shape index (κ1) is 34.4. The fraction of sp³-hybridized carbons (Fsp3) is 0.107. The Morgan fingerprint density at radius 1 is 0.414 bits per heavy atom. The molecule has 0 N–H and O–H groups in total. The van der Waals surface area contributed by atoms with E-state index in [9.17, 15) is 0 Å². The Labute approximate surface area is 340 Å². The summed E-state index contributed by atoms with van der Waals surface area (Å²) in [6.07, 6.45) is 6.52. The average molecular weight is 745 g/mol. The minimum Gasteiger partial charge on any atom is -0.310 e. The summed E-state index contributed by atoms with van der Waals surface area (Å²) in [4.78, 5) is 2.47. The van der Waals surface area contributed by atoms with Crippen molar-refractivity contribution in [2.24, 2.45) is 0 Å². The van der Waals surface area contributed by atoms with Crippen LogP contribution < -0.4 is 4.90 Å². The molecule has 0 saturated heterocycles. The highest BCUT2D eigenvalue weighted by Crippen LogP contribution is 2.47. The average Bonchev–Trinajstić information content (AvgIpc) is 3.64. The molecule has 1 fully saturated rings. The van der Waals surface area contributed by atoms with Gasteiger partial charge in [0.1, 0.15) is 0 Å². The minimum atomic E-state index is 0.598. The maximum Gasteiger partial charge on any atom is 0.0547 e. The lowest BCUT2D eigenvalue weighted by molar-refractivity contribution is 0.445. The standard InChI is InChI=1S/C56H44N2/c1-3-17-40(18-4-1)47-26-13-20-42-21-14-28-50(55(42)47)49-24-9-11-29-52(49)57(46-37-32-39-16-7-8-19-43(39)38-46)45-35-33-41(34-36-45)48-27-15-31-54-56(48)51-25-10-12-30-53(51)58(54)44-22-5-2-6-23-44/h2,5-16,19-38,40H,1,3-4,17-18H2. The molecule has 278 valence electrons. The van der Waals surface area contributed by atoms with Crippen LogP contribution in [0.25, 0.3) is 71.3 Å². The molecular formula is C56H44N2. The second-order valence-corrected chi connectivity index (χ2v) is 15.9. The number of hydrogen-bond donors (Lipinski definition) is 0. The van der Waals surface area contributed by atoms with Crippen molar-refractivity contribution >= 4 is 60.4 Å². The maximum absolute atomic E-state index is 2.47. The molecule has 0 amide bonds. The number of rotatable bonds is 7. The second kappa shape index (κ2) is 14.6. The first-order chi connectivity index (χ1) is 28.8. The molecule has 0 radical (unpaired) electrons. The molecule has 2 nitrogen and oxygen atoms in total. The fourth-order valence-electron chi connectivity index (χ4n) is 9.89. The molecule has 1 heterocycles. The van der Waals surface area contributed by atoms with E-state index in [0.29, 0.717) is 5.92 Å². The van der Waals surface area contributed by atoms with Gasteiger partial charge in [-0.3, -0.25) is 0 Å². The fourth-order valence-corrected chi connectivity index (χ4v) is 9.89. The molecule has 0 aliphatic heterocycles. The summed E-state index contributed by atoms with van der Waals surface area (Å²) in [7, 11) is 0. The van der Waals surface area contributed by atoms with Crippen LogP contribution in [0.5, 0.6) is 0 Å². The first-order valence-corrected chi connectivity index (χ1v) is 20.9. The molecule has 1 aliphatic carbocycles. The summed E-state index contributed by atoms with van der Waals surface area (Å²) in [5.74, 6) is 0.598. The number of benzene rings is 9. The van der Waals surface area contributed by atoms with E-state index >= 15 is 0 Å². The van der Waals surface area contributed by atoms with Gasteiger partial charge in [0.05, 0.1) is 16.7 Å². The number of nitrogens with zero attached hydrogens (tertiary/aromatic N) is 2. The van der Waals surface area contributed by atoms with Crippen LogP contribution >= 0.6 is 0 Å². The van der Waals surface area contributed by atoms with E-state index in [1.54, 1.807) is 0 Å². The molecule has 58 heavy (non-hydrogen) atoms. The van der Waals surface area contributed by atoms with Crippen molar-refractivity contribution in [2.45, 2.75) is 38.0 Å². The highest BCUT2D eigenvalue weighted by Gasteiger charge is 2.23. The van der Waals surface area contributed by atoms with Crippen LogP contribution in [-0.4, -0.2) is 4.57 Å². The molecule has 0 atom stereocenters. The van der Waals surface area contributed by atoms with E-state index in [4.69, 9.17) is 0 Å². The van der Waals surface area contributed by atoms with Crippen molar-refractivity contribution in [3.8, 4) is 27.9 Å². The van der Waals surface area contributed by atoms with Gasteiger partial charge in [-0.25, -0.2) is 0 Å². The third-order valence-corrected chi connectivity index (χ3v) is 12.6. The molecular weight excluding hydrogens is 701 g/mol. The quantitative estimate of drug-likeness (QED) is 0.158. The SMILES string of the molecule is c1ccc(-n2c3ccccc3c3c(-c4ccc(N(c5ccc6ccccc6c5)c5ccccc5-c5cccc6cccc(C7CCCCC7)c56)cc4)cccc32)cc1. The molecule has 1 aliphatic rings. The molecule has 2 heteroatoms. The van der Waals surface area contributed by atoms with Crippen LogP contribution in [0.1, 0.15) is 43.6 Å². The number of anilines is 3. The zero-order valence-corrected chi connectivity index (χ0v) is 32.6. The predicted molar refractivity (Wildman–Crippen MR) is 247 cm³/mol. The van der Waals surface area contributed by atoms with E-state index in [2.05, 4.69) is 210 Å². The number of aromatic nitrogens is 1. The third-order valence-electron chi connectivity index (χ3n) is 12.6. The van der Waals surface area contributed by atoms with Crippen LogP contribution in [-0.2, 0) is 0 Å². The Bertz CT molecular complexity index is 3090. The molecule has 10 aromatic rings. The van der Waals surface area contributed by atoms with E-state index in [0.717, 1.165) is 11.4 Å². The highest BCUT2D eigenvalue weighted by molar-refractivity contribution is 6.16. The summed E-state index contributed by atoms with van der Waals surface area (Å²) in [5.41, 5.74) is 13.5. The van der Waals surface area contributed by atoms with E-state index in [1.165, 1.54) is 115 Å². The second-order valence-electron chi connectivity index (χ2n) is 15.9. The van der Waals surface area contributed by atoms with E-state index in [-0.39, 0.29) is 0 Å². The molecule has 0 bridgehead atoms. The molecule has 0 spiro atoms. The maximum atomic E-state index is 2.47. The van der Waals surface area contributed by atoms with Gasteiger partial charge in [-0.2, -0.15) is 0 Å². The smallest absolute Gasteiger partial charge is 0.0547 e. The van der Waals surface area contributed by atoms with Crippen LogP contribution in [0.2, 0.25) is 0 Å². The summed E-state index contributed by atoms with van der Waals surface area (Å²) < 4.78 is 2.40.